The Balaban J connectivity index is 1.02. The van der Waals surface area contributed by atoms with E-state index in [0.717, 1.165) is 83.5 Å². The fourth-order valence-corrected chi connectivity index (χ4v) is 9.84. The minimum Gasteiger partial charge on any atom is -0.309 e. The molecule has 62 heavy (non-hydrogen) atoms. The van der Waals surface area contributed by atoms with E-state index < -0.39 is 0 Å². The van der Waals surface area contributed by atoms with Gasteiger partial charge in [0.1, 0.15) is 5.82 Å². The average molecular weight is 789 g/mol. The summed E-state index contributed by atoms with van der Waals surface area (Å²) < 4.78 is 4.77. The van der Waals surface area contributed by atoms with Crippen LogP contribution in [0.25, 0.3) is 121 Å². The Morgan fingerprint density at radius 1 is 0.290 bits per heavy atom. The van der Waals surface area contributed by atoms with Gasteiger partial charge in [-0.25, -0.2) is 9.97 Å². The molecule has 4 heteroatoms. The van der Waals surface area contributed by atoms with Gasteiger partial charge in [0.25, 0.3) is 0 Å². The van der Waals surface area contributed by atoms with E-state index in [2.05, 4.69) is 228 Å². The fraction of sp³-hybridized carbons (Fsp3) is 0. The van der Waals surface area contributed by atoms with Crippen LogP contribution in [0.15, 0.2) is 218 Å². The lowest BCUT2D eigenvalue weighted by Crippen LogP contribution is -1.99. The van der Waals surface area contributed by atoms with Crippen molar-refractivity contribution in [3.63, 3.8) is 0 Å². The second-order valence-electron chi connectivity index (χ2n) is 16.2. The molecule has 13 rings (SSSR count). The third kappa shape index (κ3) is 5.27. The second kappa shape index (κ2) is 13.6. The van der Waals surface area contributed by atoms with Gasteiger partial charge in [-0.15, -0.1) is 0 Å². The highest BCUT2D eigenvalue weighted by atomic mass is 15.1. The Hall–Kier alpha value is -8.34. The molecule has 0 fully saturated rings. The van der Waals surface area contributed by atoms with Gasteiger partial charge in [-0.3, -0.25) is 4.57 Å². The summed E-state index contributed by atoms with van der Waals surface area (Å²) in [5.41, 5.74) is 13.0. The Labute approximate surface area is 357 Å². The van der Waals surface area contributed by atoms with Crippen molar-refractivity contribution >= 4 is 76.1 Å². The zero-order valence-electron chi connectivity index (χ0n) is 33.6. The van der Waals surface area contributed by atoms with Crippen LogP contribution in [0.1, 0.15) is 0 Å². The van der Waals surface area contributed by atoms with Crippen LogP contribution in [0.5, 0.6) is 0 Å². The molecule has 0 unspecified atom stereocenters. The zero-order valence-corrected chi connectivity index (χ0v) is 33.6. The number of benzene rings is 10. The quantitative estimate of drug-likeness (QED) is 0.163. The number of hydrogen-bond donors (Lipinski definition) is 0. The Morgan fingerprint density at radius 3 is 1.76 bits per heavy atom. The summed E-state index contributed by atoms with van der Waals surface area (Å²) in [7, 11) is 0. The van der Waals surface area contributed by atoms with Crippen LogP contribution in [-0.2, 0) is 0 Å². The van der Waals surface area contributed by atoms with Gasteiger partial charge >= 0.3 is 0 Å². The number of para-hydroxylation sites is 3. The van der Waals surface area contributed by atoms with Gasteiger partial charge in [0.15, 0.2) is 0 Å². The standard InChI is InChI=1S/C58H36N4/c1-3-16-37(17-4-1)57-48-27-12-10-25-45(48)49-36-56-50(35-52(49)59-57)47-31-30-39(33-54(47)61(56)42-21-5-2-6-22-42)38-19-15-20-41(32-38)58-60-51-28-13-14-29-53(51)62(58)55-34-40-18-7-8-23-43(40)44-24-9-11-26-46(44)55/h1-36H. The predicted molar refractivity (Wildman–Crippen MR) is 260 cm³/mol. The first-order valence-electron chi connectivity index (χ1n) is 21.2. The molecular weight excluding hydrogens is 753 g/mol. The summed E-state index contributed by atoms with van der Waals surface area (Å²) in [5.74, 6) is 0.911. The molecule has 0 radical (unpaired) electrons. The van der Waals surface area contributed by atoms with Crippen LogP contribution in [0, 0.1) is 0 Å². The first-order valence-corrected chi connectivity index (χ1v) is 21.2. The van der Waals surface area contributed by atoms with Crippen molar-refractivity contribution in [1.82, 2.24) is 19.1 Å². The summed E-state index contributed by atoms with van der Waals surface area (Å²) >= 11 is 0. The molecule has 0 saturated heterocycles. The number of pyridine rings is 1. The van der Waals surface area contributed by atoms with Crippen LogP contribution in [-0.4, -0.2) is 19.1 Å². The molecule has 0 spiro atoms. The largest absolute Gasteiger partial charge is 0.309 e. The topological polar surface area (TPSA) is 35.6 Å². The number of nitrogens with zero attached hydrogens (tertiary/aromatic N) is 4. The fourth-order valence-electron chi connectivity index (χ4n) is 9.84. The van der Waals surface area contributed by atoms with E-state index in [1.807, 2.05) is 0 Å². The molecule has 3 aromatic heterocycles. The molecule has 0 atom stereocenters. The minimum absolute atomic E-state index is 0.911. The van der Waals surface area contributed by atoms with Gasteiger partial charge in [0.05, 0.1) is 39.0 Å². The Kier molecular flexibility index (Phi) is 7.57. The third-order valence-corrected chi connectivity index (χ3v) is 12.7. The number of imidazole rings is 1. The number of rotatable bonds is 5. The van der Waals surface area contributed by atoms with E-state index >= 15 is 0 Å². The number of hydrogen-bond acceptors (Lipinski definition) is 2. The number of fused-ring (bicyclic) bond motifs is 10. The molecular formula is C58H36N4. The lowest BCUT2D eigenvalue weighted by atomic mass is 9.98. The van der Waals surface area contributed by atoms with E-state index in [-0.39, 0.29) is 0 Å². The summed E-state index contributed by atoms with van der Waals surface area (Å²) in [5, 5.41) is 10.7. The van der Waals surface area contributed by atoms with E-state index in [0.29, 0.717) is 0 Å². The molecule has 0 aliphatic rings. The van der Waals surface area contributed by atoms with Crippen molar-refractivity contribution in [3.05, 3.63) is 218 Å². The van der Waals surface area contributed by atoms with Crippen molar-refractivity contribution in [3.8, 4) is 45.1 Å². The monoisotopic (exact) mass is 788 g/mol. The third-order valence-electron chi connectivity index (χ3n) is 12.7. The maximum Gasteiger partial charge on any atom is 0.145 e. The lowest BCUT2D eigenvalue weighted by Gasteiger charge is -2.15. The van der Waals surface area contributed by atoms with E-state index in [1.54, 1.807) is 0 Å². The highest BCUT2D eigenvalue weighted by Crippen LogP contribution is 2.41. The van der Waals surface area contributed by atoms with Crippen molar-refractivity contribution in [2.45, 2.75) is 0 Å². The number of aromatic nitrogens is 4. The molecule has 10 aromatic carbocycles. The SMILES string of the molecule is c1ccc(-c2nc3cc4c5ccc(-c6cccc(-c7nc8ccccc8n7-c7cc8ccccc8c8ccccc78)c6)cc5n(-c5ccccc5)c4cc3c3ccccc23)cc1. The lowest BCUT2D eigenvalue weighted by molar-refractivity contribution is 1.12. The highest BCUT2D eigenvalue weighted by molar-refractivity contribution is 6.19. The highest BCUT2D eigenvalue weighted by Gasteiger charge is 2.20. The summed E-state index contributed by atoms with van der Waals surface area (Å²) in [4.78, 5) is 10.7. The molecule has 0 aliphatic carbocycles. The van der Waals surface area contributed by atoms with Crippen LogP contribution in [0.2, 0.25) is 0 Å². The van der Waals surface area contributed by atoms with Gasteiger partial charge in [-0.05, 0) is 87.3 Å². The first-order chi connectivity index (χ1) is 30.7. The van der Waals surface area contributed by atoms with Gasteiger partial charge in [-0.1, -0.05) is 164 Å². The van der Waals surface area contributed by atoms with Crippen LogP contribution in [0.3, 0.4) is 0 Å². The van der Waals surface area contributed by atoms with Crippen LogP contribution < -0.4 is 0 Å². The summed E-state index contributed by atoms with van der Waals surface area (Å²) in [6.45, 7) is 0. The summed E-state index contributed by atoms with van der Waals surface area (Å²) in [6.07, 6.45) is 0. The maximum atomic E-state index is 5.38. The van der Waals surface area contributed by atoms with Gasteiger partial charge < -0.3 is 4.57 Å². The maximum absolute atomic E-state index is 5.38. The molecule has 0 N–H and O–H groups in total. The van der Waals surface area contributed by atoms with E-state index in [4.69, 9.17) is 9.97 Å². The summed E-state index contributed by atoms with van der Waals surface area (Å²) in [6, 6.07) is 78.5. The van der Waals surface area contributed by atoms with Gasteiger partial charge in [-0.2, -0.15) is 0 Å². The molecule has 3 heterocycles. The Bertz CT molecular complexity index is 3920. The van der Waals surface area contributed by atoms with Crippen LogP contribution >= 0.6 is 0 Å². The first kappa shape index (κ1) is 34.5. The molecule has 13 aromatic rings. The molecule has 0 amide bonds. The molecule has 0 saturated carbocycles. The van der Waals surface area contributed by atoms with Gasteiger partial charge in [0.2, 0.25) is 0 Å². The van der Waals surface area contributed by atoms with E-state index in [1.165, 1.54) is 37.7 Å². The normalized spacial score (nSPS) is 11.9. The van der Waals surface area contributed by atoms with Crippen molar-refractivity contribution in [2.75, 3.05) is 0 Å². The molecule has 4 nitrogen and oxygen atoms in total. The molecule has 0 aliphatic heterocycles. The second-order valence-corrected chi connectivity index (χ2v) is 16.2. The van der Waals surface area contributed by atoms with Gasteiger partial charge in [0, 0.05) is 43.7 Å². The van der Waals surface area contributed by atoms with Crippen molar-refractivity contribution in [1.29, 1.82) is 0 Å². The van der Waals surface area contributed by atoms with E-state index in [9.17, 15) is 0 Å². The van der Waals surface area contributed by atoms with Crippen LogP contribution in [0.4, 0.5) is 0 Å². The predicted octanol–water partition coefficient (Wildman–Crippen LogP) is 15.1. The Morgan fingerprint density at radius 2 is 0.919 bits per heavy atom. The smallest absolute Gasteiger partial charge is 0.145 e. The average Bonchev–Trinajstić information content (AvgIpc) is 3.89. The van der Waals surface area contributed by atoms with Crippen molar-refractivity contribution < 1.29 is 0 Å². The molecule has 288 valence electrons. The zero-order chi connectivity index (χ0) is 40.7. The van der Waals surface area contributed by atoms with Crippen molar-refractivity contribution in [2.24, 2.45) is 0 Å². The molecule has 0 bridgehead atoms. The minimum atomic E-state index is 0.911.